The van der Waals surface area contributed by atoms with Crippen molar-refractivity contribution in [3.63, 3.8) is 0 Å². The molecule has 1 unspecified atom stereocenters. The molecule has 1 aromatic heterocycles. The largest absolute Gasteiger partial charge is 0.481 e. The van der Waals surface area contributed by atoms with Crippen LogP contribution in [0.15, 0.2) is 36.7 Å². The molecule has 0 amide bonds. The van der Waals surface area contributed by atoms with Gasteiger partial charge in [-0.25, -0.2) is 4.68 Å². The number of carboxylic acids is 1. The van der Waals surface area contributed by atoms with Crippen molar-refractivity contribution in [3.05, 3.63) is 42.2 Å². The summed E-state index contributed by atoms with van der Waals surface area (Å²) in [4.78, 5) is 10.8. The number of benzene rings is 1. The second kappa shape index (κ2) is 4.14. The van der Waals surface area contributed by atoms with Crippen LogP contribution in [0.4, 0.5) is 0 Å². The van der Waals surface area contributed by atoms with Crippen molar-refractivity contribution in [2.24, 2.45) is 0 Å². The molecular weight excluding hydrogens is 206 g/mol. The number of hydrogen-bond donors (Lipinski definition) is 1. The van der Waals surface area contributed by atoms with Gasteiger partial charge in [0.05, 0.1) is 24.0 Å². The molecule has 16 heavy (non-hydrogen) atoms. The summed E-state index contributed by atoms with van der Waals surface area (Å²) in [5.74, 6) is -1.32. The molecule has 0 aliphatic rings. The fourth-order valence-electron chi connectivity index (χ4n) is 1.40. The van der Waals surface area contributed by atoms with Crippen molar-refractivity contribution in [1.82, 2.24) is 15.0 Å². The SMILES string of the molecule is CC(C(=O)O)c1ccc(-n2ccnn2)cc1. The molecule has 0 saturated heterocycles. The summed E-state index contributed by atoms with van der Waals surface area (Å²) in [6.45, 7) is 1.66. The van der Waals surface area contributed by atoms with Crippen LogP contribution in [0.1, 0.15) is 18.4 Å². The monoisotopic (exact) mass is 217 g/mol. The van der Waals surface area contributed by atoms with Gasteiger partial charge >= 0.3 is 5.97 Å². The number of nitrogens with zero attached hydrogens (tertiary/aromatic N) is 3. The second-order valence-electron chi connectivity index (χ2n) is 3.50. The molecular formula is C11H11N3O2. The van der Waals surface area contributed by atoms with Gasteiger partial charge in [-0.05, 0) is 24.6 Å². The Balaban J connectivity index is 2.26. The summed E-state index contributed by atoms with van der Waals surface area (Å²) in [6.07, 6.45) is 3.32. The van der Waals surface area contributed by atoms with Crippen molar-refractivity contribution in [1.29, 1.82) is 0 Å². The maximum absolute atomic E-state index is 10.8. The first-order valence-electron chi connectivity index (χ1n) is 4.88. The fourth-order valence-corrected chi connectivity index (χ4v) is 1.40. The van der Waals surface area contributed by atoms with Gasteiger partial charge in [0.25, 0.3) is 0 Å². The first kappa shape index (κ1) is 10.4. The molecule has 1 aromatic carbocycles. The predicted octanol–water partition coefficient (Wildman–Crippen LogP) is 1.46. The van der Waals surface area contributed by atoms with Crippen LogP contribution in [0.5, 0.6) is 0 Å². The van der Waals surface area contributed by atoms with Gasteiger partial charge < -0.3 is 5.11 Å². The molecule has 0 spiro atoms. The molecule has 5 nitrogen and oxygen atoms in total. The molecule has 0 radical (unpaired) electrons. The molecule has 5 heteroatoms. The van der Waals surface area contributed by atoms with E-state index in [1.54, 1.807) is 36.1 Å². The van der Waals surface area contributed by atoms with E-state index < -0.39 is 11.9 Å². The Morgan fingerprint density at radius 1 is 1.38 bits per heavy atom. The summed E-state index contributed by atoms with van der Waals surface area (Å²) in [5, 5.41) is 16.4. The number of aliphatic carboxylic acids is 1. The van der Waals surface area contributed by atoms with Gasteiger partial charge in [-0.15, -0.1) is 5.10 Å². The molecule has 0 aliphatic heterocycles. The lowest BCUT2D eigenvalue weighted by Crippen LogP contribution is -2.07. The highest BCUT2D eigenvalue weighted by atomic mass is 16.4. The molecule has 2 rings (SSSR count). The van der Waals surface area contributed by atoms with E-state index in [-0.39, 0.29) is 0 Å². The Kier molecular flexibility index (Phi) is 2.68. The van der Waals surface area contributed by atoms with E-state index >= 15 is 0 Å². The van der Waals surface area contributed by atoms with E-state index in [9.17, 15) is 4.79 Å². The van der Waals surface area contributed by atoms with Gasteiger partial charge in [-0.1, -0.05) is 17.3 Å². The highest BCUT2D eigenvalue weighted by molar-refractivity contribution is 5.75. The molecule has 1 heterocycles. The van der Waals surface area contributed by atoms with Gasteiger partial charge in [-0.3, -0.25) is 4.79 Å². The standard InChI is InChI=1S/C11H11N3O2/c1-8(11(15)16)9-2-4-10(5-3-9)14-7-6-12-13-14/h2-8H,1H3,(H,15,16). The van der Waals surface area contributed by atoms with E-state index in [1.807, 2.05) is 12.1 Å². The summed E-state index contributed by atoms with van der Waals surface area (Å²) < 4.78 is 1.62. The second-order valence-corrected chi connectivity index (χ2v) is 3.50. The highest BCUT2D eigenvalue weighted by Crippen LogP contribution is 2.17. The third kappa shape index (κ3) is 1.93. The molecule has 0 aliphatic carbocycles. The van der Waals surface area contributed by atoms with Crippen LogP contribution in [0.25, 0.3) is 5.69 Å². The van der Waals surface area contributed by atoms with Crippen LogP contribution >= 0.6 is 0 Å². The highest BCUT2D eigenvalue weighted by Gasteiger charge is 2.13. The quantitative estimate of drug-likeness (QED) is 0.845. The van der Waals surface area contributed by atoms with Crippen LogP contribution in [0.2, 0.25) is 0 Å². The third-order valence-electron chi connectivity index (χ3n) is 2.45. The van der Waals surface area contributed by atoms with Crippen molar-refractivity contribution in [2.45, 2.75) is 12.8 Å². The average Bonchev–Trinajstić information content (AvgIpc) is 2.81. The minimum atomic E-state index is -0.825. The van der Waals surface area contributed by atoms with Crippen molar-refractivity contribution < 1.29 is 9.90 Å². The first-order chi connectivity index (χ1) is 7.68. The Morgan fingerprint density at radius 3 is 2.56 bits per heavy atom. The van der Waals surface area contributed by atoms with Gasteiger partial charge in [-0.2, -0.15) is 0 Å². The minimum absolute atomic E-state index is 0.496. The Hall–Kier alpha value is -2.17. The Bertz CT molecular complexity index is 476. The summed E-state index contributed by atoms with van der Waals surface area (Å²) in [6, 6.07) is 7.22. The number of hydrogen-bond acceptors (Lipinski definition) is 3. The number of aromatic nitrogens is 3. The lowest BCUT2D eigenvalue weighted by atomic mass is 10.0. The molecule has 1 atom stereocenters. The molecule has 0 bridgehead atoms. The first-order valence-corrected chi connectivity index (χ1v) is 4.88. The lowest BCUT2D eigenvalue weighted by molar-refractivity contribution is -0.138. The average molecular weight is 217 g/mol. The number of rotatable bonds is 3. The van der Waals surface area contributed by atoms with Crippen molar-refractivity contribution in [2.75, 3.05) is 0 Å². The normalized spacial score (nSPS) is 12.3. The number of carbonyl (C=O) groups is 1. The Labute approximate surface area is 92.3 Å². The molecule has 82 valence electrons. The third-order valence-corrected chi connectivity index (χ3v) is 2.45. The van der Waals surface area contributed by atoms with Crippen LogP contribution in [0, 0.1) is 0 Å². The molecule has 0 saturated carbocycles. The minimum Gasteiger partial charge on any atom is -0.481 e. The number of carboxylic acid groups (broad SMARTS) is 1. The van der Waals surface area contributed by atoms with Gasteiger partial charge in [0, 0.05) is 0 Å². The summed E-state index contributed by atoms with van der Waals surface area (Å²) >= 11 is 0. The van der Waals surface area contributed by atoms with Crippen molar-refractivity contribution in [3.8, 4) is 5.69 Å². The molecule has 0 fully saturated rings. The van der Waals surface area contributed by atoms with Crippen molar-refractivity contribution >= 4 is 5.97 Å². The smallest absolute Gasteiger partial charge is 0.310 e. The van der Waals surface area contributed by atoms with E-state index in [4.69, 9.17) is 5.11 Å². The van der Waals surface area contributed by atoms with Gasteiger partial charge in [0.2, 0.25) is 0 Å². The van der Waals surface area contributed by atoms with Crippen LogP contribution < -0.4 is 0 Å². The fraction of sp³-hybridized carbons (Fsp3) is 0.182. The maximum atomic E-state index is 10.8. The maximum Gasteiger partial charge on any atom is 0.310 e. The zero-order valence-corrected chi connectivity index (χ0v) is 8.74. The van der Waals surface area contributed by atoms with E-state index in [0.29, 0.717) is 0 Å². The van der Waals surface area contributed by atoms with E-state index in [1.165, 1.54) is 0 Å². The van der Waals surface area contributed by atoms with E-state index in [2.05, 4.69) is 10.3 Å². The van der Waals surface area contributed by atoms with Gasteiger partial charge in [0.15, 0.2) is 0 Å². The lowest BCUT2D eigenvalue weighted by Gasteiger charge is -2.07. The molecule has 2 aromatic rings. The van der Waals surface area contributed by atoms with Gasteiger partial charge in [0.1, 0.15) is 0 Å². The summed E-state index contributed by atoms with van der Waals surface area (Å²) in [5.41, 5.74) is 1.63. The topological polar surface area (TPSA) is 68.0 Å². The zero-order chi connectivity index (χ0) is 11.5. The zero-order valence-electron chi connectivity index (χ0n) is 8.74. The van der Waals surface area contributed by atoms with E-state index in [0.717, 1.165) is 11.3 Å². The van der Waals surface area contributed by atoms with Crippen LogP contribution in [-0.2, 0) is 4.79 Å². The predicted molar refractivity (Wildman–Crippen MR) is 57.4 cm³/mol. The molecule has 1 N–H and O–H groups in total. The van der Waals surface area contributed by atoms with Crippen LogP contribution in [-0.4, -0.2) is 26.1 Å². The summed E-state index contributed by atoms with van der Waals surface area (Å²) in [7, 11) is 0. The van der Waals surface area contributed by atoms with Crippen LogP contribution in [0.3, 0.4) is 0 Å². The Morgan fingerprint density at radius 2 is 2.06 bits per heavy atom.